The largest absolute Gasteiger partial charge is 0.308 e. The van der Waals surface area contributed by atoms with Crippen LogP contribution in [-0.4, -0.2) is 31.3 Å². The number of carbonyl (C=O) groups is 1. The summed E-state index contributed by atoms with van der Waals surface area (Å²) in [5.41, 5.74) is 3.07. The molecule has 0 aliphatic heterocycles. The molecule has 112 valence electrons. The number of rotatable bonds is 5. The molecule has 2 nitrogen and oxygen atoms in total. The van der Waals surface area contributed by atoms with Gasteiger partial charge in [0.05, 0.1) is 5.92 Å². The molecule has 0 aliphatic carbocycles. The van der Waals surface area contributed by atoms with Gasteiger partial charge in [-0.15, -0.1) is 12.4 Å². The molecule has 1 unspecified atom stereocenters. The lowest BCUT2D eigenvalue weighted by Gasteiger charge is -2.20. The van der Waals surface area contributed by atoms with E-state index in [1.807, 2.05) is 44.4 Å². The first-order valence-electron chi connectivity index (χ1n) is 6.88. The summed E-state index contributed by atoms with van der Waals surface area (Å²) >= 11 is 0. The van der Waals surface area contributed by atoms with Crippen LogP contribution in [0.2, 0.25) is 0 Å². The van der Waals surface area contributed by atoms with E-state index in [2.05, 4.69) is 36.1 Å². The van der Waals surface area contributed by atoms with Gasteiger partial charge in [0.2, 0.25) is 0 Å². The standard InChI is InChI=1S/C18H21NO.ClH/c1-14-9-11-15(12-10-14)17(13-19(2)3)18(20)16-7-5-4-6-8-16;/h4-12,17H,13H2,1-3H3;1H. The van der Waals surface area contributed by atoms with Crippen LogP contribution in [-0.2, 0) is 0 Å². The van der Waals surface area contributed by atoms with Crippen LogP contribution in [0.4, 0.5) is 0 Å². The van der Waals surface area contributed by atoms with Gasteiger partial charge in [-0.25, -0.2) is 0 Å². The van der Waals surface area contributed by atoms with Crippen molar-refractivity contribution < 1.29 is 4.79 Å². The molecule has 0 heterocycles. The van der Waals surface area contributed by atoms with Crippen LogP contribution in [0.15, 0.2) is 54.6 Å². The number of benzene rings is 2. The molecule has 21 heavy (non-hydrogen) atoms. The summed E-state index contributed by atoms with van der Waals surface area (Å²) in [6.07, 6.45) is 0. The number of carbonyl (C=O) groups excluding carboxylic acids is 1. The minimum Gasteiger partial charge on any atom is -0.308 e. The first-order valence-corrected chi connectivity index (χ1v) is 6.88. The number of ketones is 1. The van der Waals surface area contributed by atoms with Gasteiger partial charge in [-0.3, -0.25) is 4.79 Å². The molecular weight excluding hydrogens is 282 g/mol. The van der Waals surface area contributed by atoms with E-state index in [0.29, 0.717) is 0 Å². The van der Waals surface area contributed by atoms with E-state index >= 15 is 0 Å². The normalized spacial score (nSPS) is 11.8. The van der Waals surface area contributed by atoms with Crippen LogP contribution in [0.25, 0.3) is 0 Å². The van der Waals surface area contributed by atoms with Crippen LogP contribution in [0.1, 0.15) is 27.4 Å². The maximum Gasteiger partial charge on any atom is 0.171 e. The third-order valence-corrected chi connectivity index (χ3v) is 3.40. The highest BCUT2D eigenvalue weighted by molar-refractivity contribution is 6.01. The first kappa shape index (κ1) is 17.4. The highest BCUT2D eigenvalue weighted by Gasteiger charge is 2.22. The van der Waals surface area contributed by atoms with E-state index in [1.54, 1.807) is 0 Å². The van der Waals surface area contributed by atoms with E-state index in [9.17, 15) is 4.79 Å². The molecule has 2 rings (SSSR count). The van der Waals surface area contributed by atoms with Crippen molar-refractivity contribution in [2.24, 2.45) is 0 Å². The topological polar surface area (TPSA) is 20.3 Å². The molecular formula is C18H22ClNO. The lowest BCUT2D eigenvalue weighted by Crippen LogP contribution is -2.26. The second kappa shape index (κ2) is 7.96. The smallest absolute Gasteiger partial charge is 0.171 e. The van der Waals surface area contributed by atoms with Crippen molar-refractivity contribution in [1.29, 1.82) is 0 Å². The van der Waals surface area contributed by atoms with Crippen LogP contribution >= 0.6 is 12.4 Å². The molecule has 0 aliphatic rings. The maximum absolute atomic E-state index is 12.7. The highest BCUT2D eigenvalue weighted by Crippen LogP contribution is 2.22. The summed E-state index contributed by atoms with van der Waals surface area (Å²) in [7, 11) is 4.00. The number of likely N-dealkylation sites (N-methyl/N-ethyl adjacent to an activating group) is 1. The second-order valence-corrected chi connectivity index (χ2v) is 5.46. The van der Waals surface area contributed by atoms with E-state index in [4.69, 9.17) is 0 Å². The molecule has 0 amide bonds. The average molecular weight is 304 g/mol. The van der Waals surface area contributed by atoms with Gasteiger partial charge >= 0.3 is 0 Å². The summed E-state index contributed by atoms with van der Waals surface area (Å²) in [4.78, 5) is 14.8. The maximum atomic E-state index is 12.7. The molecule has 0 bridgehead atoms. The number of hydrogen-bond donors (Lipinski definition) is 0. The molecule has 0 aromatic heterocycles. The van der Waals surface area contributed by atoms with Gasteiger partial charge in [-0.1, -0.05) is 60.2 Å². The van der Waals surface area contributed by atoms with Crippen LogP contribution in [0.3, 0.4) is 0 Å². The Morgan fingerprint density at radius 1 is 1.00 bits per heavy atom. The molecule has 1 atom stereocenters. The van der Waals surface area contributed by atoms with Gasteiger partial charge in [-0.2, -0.15) is 0 Å². The Labute approximate surface area is 133 Å². The number of aryl methyl sites for hydroxylation is 1. The molecule has 0 N–H and O–H groups in total. The lowest BCUT2D eigenvalue weighted by molar-refractivity contribution is 0.0945. The van der Waals surface area contributed by atoms with E-state index in [-0.39, 0.29) is 24.1 Å². The van der Waals surface area contributed by atoms with Gasteiger partial charge < -0.3 is 4.90 Å². The van der Waals surface area contributed by atoms with Crippen LogP contribution < -0.4 is 0 Å². The SMILES string of the molecule is Cc1ccc(C(CN(C)C)C(=O)c2ccccc2)cc1.Cl. The third kappa shape index (κ3) is 4.69. The van der Waals surface area contributed by atoms with Crippen molar-refractivity contribution in [2.45, 2.75) is 12.8 Å². The van der Waals surface area contributed by atoms with E-state index < -0.39 is 0 Å². The summed E-state index contributed by atoms with van der Waals surface area (Å²) < 4.78 is 0. The van der Waals surface area contributed by atoms with E-state index in [0.717, 1.165) is 17.7 Å². The van der Waals surface area contributed by atoms with Crippen molar-refractivity contribution in [2.75, 3.05) is 20.6 Å². The molecule has 0 radical (unpaired) electrons. The second-order valence-electron chi connectivity index (χ2n) is 5.46. The van der Waals surface area contributed by atoms with Crippen molar-refractivity contribution in [1.82, 2.24) is 4.90 Å². The molecule has 0 spiro atoms. The zero-order valence-electron chi connectivity index (χ0n) is 12.7. The molecule has 0 saturated heterocycles. The predicted octanol–water partition coefficient (Wildman–Crippen LogP) is 3.94. The number of halogens is 1. The van der Waals surface area contributed by atoms with Gasteiger partial charge in [0, 0.05) is 12.1 Å². The molecule has 2 aromatic carbocycles. The summed E-state index contributed by atoms with van der Waals surface area (Å²) in [6.45, 7) is 2.78. The minimum absolute atomic E-state index is 0. The molecule has 3 heteroatoms. The number of hydrogen-bond acceptors (Lipinski definition) is 2. The van der Waals surface area contributed by atoms with Crippen LogP contribution in [0.5, 0.6) is 0 Å². The van der Waals surface area contributed by atoms with Crippen molar-refractivity contribution in [3.05, 3.63) is 71.3 Å². The third-order valence-electron chi connectivity index (χ3n) is 3.40. The van der Waals surface area contributed by atoms with Crippen molar-refractivity contribution in [3.8, 4) is 0 Å². The van der Waals surface area contributed by atoms with E-state index in [1.165, 1.54) is 5.56 Å². The Balaban J connectivity index is 0.00000220. The number of nitrogens with zero attached hydrogens (tertiary/aromatic N) is 1. The molecule has 2 aromatic rings. The molecule has 0 fully saturated rings. The quantitative estimate of drug-likeness (QED) is 0.780. The first-order chi connectivity index (χ1) is 9.58. The minimum atomic E-state index is -0.118. The summed E-state index contributed by atoms with van der Waals surface area (Å²) in [5.74, 6) is 0.0659. The Morgan fingerprint density at radius 2 is 1.57 bits per heavy atom. The van der Waals surface area contributed by atoms with Gasteiger partial charge in [0.25, 0.3) is 0 Å². The van der Waals surface area contributed by atoms with Gasteiger partial charge in [0.1, 0.15) is 0 Å². The lowest BCUT2D eigenvalue weighted by atomic mass is 9.90. The Kier molecular flexibility index (Phi) is 6.60. The monoisotopic (exact) mass is 303 g/mol. The zero-order valence-corrected chi connectivity index (χ0v) is 13.6. The number of Topliss-reactive ketones (excluding diaryl/α,β-unsaturated/α-hetero) is 1. The fourth-order valence-corrected chi connectivity index (χ4v) is 2.31. The van der Waals surface area contributed by atoms with Gasteiger partial charge in [-0.05, 0) is 26.6 Å². The van der Waals surface area contributed by atoms with Gasteiger partial charge in [0.15, 0.2) is 5.78 Å². The summed E-state index contributed by atoms with van der Waals surface area (Å²) in [6, 6.07) is 17.8. The Morgan fingerprint density at radius 3 is 2.10 bits per heavy atom. The highest BCUT2D eigenvalue weighted by atomic mass is 35.5. The average Bonchev–Trinajstić information content (AvgIpc) is 2.46. The Bertz CT molecular complexity index is 564. The predicted molar refractivity (Wildman–Crippen MR) is 90.5 cm³/mol. The zero-order chi connectivity index (χ0) is 14.5. The summed E-state index contributed by atoms with van der Waals surface area (Å²) in [5, 5.41) is 0. The van der Waals surface area contributed by atoms with Crippen molar-refractivity contribution >= 4 is 18.2 Å². The molecule has 0 saturated carbocycles. The Hall–Kier alpha value is -1.64. The van der Waals surface area contributed by atoms with Crippen LogP contribution in [0, 0.1) is 6.92 Å². The fraction of sp³-hybridized carbons (Fsp3) is 0.278. The van der Waals surface area contributed by atoms with Crippen molar-refractivity contribution in [3.63, 3.8) is 0 Å². The fourth-order valence-electron chi connectivity index (χ4n) is 2.31.